The van der Waals surface area contributed by atoms with Crippen molar-refractivity contribution in [3.05, 3.63) is 216 Å². The highest BCUT2D eigenvalue weighted by atomic mass is 16.2. The molecule has 0 saturated carbocycles. The minimum atomic E-state index is -0.299. The molecule has 0 aliphatic rings. The van der Waals surface area contributed by atoms with Crippen LogP contribution in [0.3, 0.4) is 0 Å². The summed E-state index contributed by atoms with van der Waals surface area (Å²) in [6, 6.07) is 63.0. The smallest absolute Gasteiger partial charge is 0.251 e. The number of rotatable bonds is 12. The molecule has 0 fully saturated rings. The molecule has 4 amide bonds. The summed E-state index contributed by atoms with van der Waals surface area (Å²) in [6.07, 6.45) is 0. The van der Waals surface area contributed by atoms with Crippen LogP contribution in [0.2, 0.25) is 0 Å². The van der Waals surface area contributed by atoms with E-state index < -0.39 is 0 Å². The van der Waals surface area contributed by atoms with Gasteiger partial charge in [0.15, 0.2) is 0 Å². The maximum absolute atomic E-state index is 13.4. The lowest BCUT2D eigenvalue weighted by Crippen LogP contribution is -2.26. The number of carbonyl (C=O) groups excluding carboxylic acids is 4. The maximum Gasteiger partial charge on any atom is 0.251 e. The molecule has 0 aliphatic carbocycles. The van der Waals surface area contributed by atoms with Crippen LogP contribution in [0.5, 0.6) is 0 Å². The third-order valence-corrected chi connectivity index (χ3v) is 12.4. The van der Waals surface area contributed by atoms with Crippen molar-refractivity contribution in [1.29, 1.82) is 0 Å². The molecule has 0 aliphatic heterocycles. The Labute approximate surface area is 396 Å². The highest BCUT2D eigenvalue weighted by molar-refractivity contribution is 6.16. The predicted molar refractivity (Wildman–Crippen MR) is 276 cm³/mol. The summed E-state index contributed by atoms with van der Waals surface area (Å²) in [5.41, 5.74) is 10.9. The van der Waals surface area contributed by atoms with E-state index in [4.69, 9.17) is 0 Å². The Bertz CT molecular complexity index is 3110. The molecule has 9 rings (SSSR count). The third kappa shape index (κ3) is 9.26. The van der Waals surface area contributed by atoms with Gasteiger partial charge in [0, 0.05) is 36.1 Å². The fourth-order valence-electron chi connectivity index (χ4n) is 9.09. The lowest BCUT2D eigenvalue weighted by atomic mass is 9.87. The summed E-state index contributed by atoms with van der Waals surface area (Å²) in [5, 5.41) is 16.3. The number of fused-ring (bicyclic) bond motifs is 2. The summed E-state index contributed by atoms with van der Waals surface area (Å²) in [5.74, 6) is -0.928. The molecular formula is C60H50N4O4. The van der Waals surface area contributed by atoms with Crippen LogP contribution in [0.4, 0.5) is 11.4 Å². The highest BCUT2D eigenvalue weighted by Crippen LogP contribution is 2.47. The van der Waals surface area contributed by atoms with Crippen LogP contribution in [-0.2, 0) is 9.59 Å². The first kappa shape index (κ1) is 44.6. The minimum Gasteiger partial charge on any atom is -0.346 e. The van der Waals surface area contributed by atoms with E-state index in [9.17, 15) is 19.2 Å². The van der Waals surface area contributed by atoms with Crippen molar-refractivity contribution in [2.24, 2.45) is 0 Å². The van der Waals surface area contributed by atoms with Crippen LogP contribution < -0.4 is 21.3 Å². The molecule has 8 nitrogen and oxygen atoms in total. The maximum atomic E-state index is 13.4. The fourth-order valence-corrected chi connectivity index (χ4v) is 9.09. The monoisotopic (exact) mass is 890 g/mol. The molecule has 4 N–H and O–H groups in total. The van der Waals surface area contributed by atoms with Crippen molar-refractivity contribution in [2.45, 2.75) is 39.8 Å². The fraction of sp³-hybridized carbons (Fsp3) is 0.100. The molecule has 0 saturated heterocycles. The first-order chi connectivity index (χ1) is 33.0. The number of carbonyl (C=O) groups is 4. The van der Waals surface area contributed by atoms with Crippen LogP contribution in [0.15, 0.2) is 194 Å². The standard InChI is InChI=1S/C60H50N4O4/c1-37(41-15-7-5-8-16-41)61-59(67)47-31-27-43(28-32-47)49-23-11-19-45-21-13-25-51(55(45)49)53-35-36-54(58(64-40(4)66)57(53)63-39(3)65)52-26-14-22-46-20-12-24-50(56(46)52)44-29-33-48(34-30-44)60(68)62-38(2)42-17-9-6-10-18-42/h5-38H,1-4H3,(H,61,67)(H,62,68)(H,63,65)(H,64,66). The molecule has 0 aromatic heterocycles. The number of anilines is 2. The van der Waals surface area contributed by atoms with Gasteiger partial charge in [0.05, 0.1) is 23.5 Å². The van der Waals surface area contributed by atoms with Crippen molar-refractivity contribution in [3.63, 3.8) is 0 Å². The van der Waals surface area contributed by atoms with E-state index in [0.717, 1.165) is 66.1 Å². The Morgan fingerprint density at radius 2 is 0.691 bits per heavy atom. The molecule has 2 unspecified atom stereocenters. The highest BCUT2D eigenvalue weighted by Gasteiger charge is 2.23. The van der Waals surface area contributed by atoms with Gasteiger partial charge in [-0.15, -0.1) is 0 Å². The third-order valence-electron chi connectivity index (χ3n) is 12.4. The van der Waals surface area contributed by atoms with Gasteiger partial charge in [-0.1, -0.05) is 170 Å². The van der Waals surface area contributed by atoms with E-state index in [1.54, 1.807) is 0 Å². The van der Waals surface area contributed by atoms with Crippen LogP contribution in [0.1, 0.15) is 71.6 Å². The van der Waals surface area contributed by atoms with E-state index in [2.05, 4.69) is 57.7 Å². The van der Waals surface area contributed by atoms with Crippen LogP contribution in [0, 0.1) is 0 Å². The SMILES string of the molecule is CC(=O)Nc1c(-c2cccc3cccc(-c4ccc(C(=O)NC(C)c5ccccc5)cc4)c23)ccc(-c2cccc3cccc(-c4ccc(C(=O)NC(C)c5ccccc5)cc4)c23)c1NC(C)=O. The number of hydrogen-bond acceptors (Lipinski definition) is 4. The second-order valence-electron chi connectivity index (χ2n) is 17.1. The van der Waals surface area contributed by atoms with E-state index in [0.29, 0.717) is 33.6 Å². The summed E-state index contributed by atoms with van der Waals surface area (Å²) in [7, 11) is 0. The number of benzene rings is 9. The van der Waals surface area contributed by atoms with Gasteiger partial charge < -0.3 is 21.3 Å². The Balaban J connectivity index is 1.12. The van der Waals surface area contributed by atoms with Gasteiger partial charge in [0.1, 0.15) is 0 Å². The second kappa shape index (κ2) is 19.5. The van der Waals surface area contributed by atoms with Crippen LogP contribution in [0.25, 0.3) is 66.1 Å². The second-order valence-corrected chi connectivity index (χ2v) is 17.1. The van der Waals surface area contributed by atoms with Gasteiger partial charge in [-0.3, -0.25) is 19.2 Å². The Kier molecular flexibility index (Phi) is 12.8. The molecule has 0 heterocycles. The summed E-state index contributed by atoms with van der Waals surface area (Å²) in [4.78, 5) is 53.2. The van der Waals surface area contributed by atoms with Crippen molar-refractivity contribution >= 4 is 56.5 Å². The molecule has 0 bridgehead atoms. The van der Waals surface area contributed by atoms with Crippen LogP contribution in [-0.4, -0.2) is 23.6 Å². The van der Waals surface area contributed by atoms with Gasteiger partial charge >= 0.3 is 0 Å². The topological polar surface area (TPSA) is 116 Å². The van der Waals surface area contributed by atoms with Gasteiger partial charge in [-0.05, 0) is 104 Å². The minimum absolute atomic E-state index is 0.161. The Morgan fingerprint density at radius 3 is 1.03 bits per heavy atom. The average Bonchev–Trinajstić information content (AvgIpc) is 3.36. The lowest BCUT2D eigenvalue weighted by molar-refractivity contribution is -0.115. The van der Waals surface area contributed by atoms with E-state index in [-0.39, 0.29) is 35.7 Å². The van der Waals surface area contributed by atoms with Gasteiger partial charge in [-0.2, -0.15) is 0 Å². The molecule has 0 radical (unpaired) electrons. The molecule has 334 valence electrons. The Morgan fingerprint density at radius 1 is 0.353 bits per heavy atom. The summed E-state index contributed by atoms with van der Waals surface area (Å²) < 4.78 is 0. The van der Waals surface area contributed by atoms with E-state index in [1.807, 2.05) is 172 Å². The lowest BCUT2D eigenvalue weighted by Gasteiger charge is -2.22. The number of hydrogen-bond donors (Lipinski definition) is 4. The molecule has 2 atom stereocenters. The van der Waals surface area contributed by atoms with Crippen molar-refractivity contribution in [1.82, 2.24) is 10.6 Å². The molecular weight excluding hydrogens is 841 g/mol. The zero-order chi connectivity index (χ0) is 47.3. The summed E-state index contributed by atoms with van der Waals surface area (Å²) >= 11 is 0. The summed E-state index contributed by atoms with van der Waals surface area (Å²) in [6.45, 7) is 6.86. The molecule has 9 aromatic rings. The van der Waals surface area contributed by atoms with E-state index >= 15 is 0 Å². The van der Waals surface area contributed by atoms with Crippen molar-refractivity contribution < 1.29 is 19.2 Å². The Hall–Kier alpha value is -8.62. The molecule has 8 heteroatoms. The predicted octanol–water partition coefficient (Wildman–Crippen LogP) is 13.6. The quantitative estimate of drug-likeness (QED) is 0.0977. The van der Waals surface area contributed by atoms with E-state index in [1.165, 1.54) is 13.8 Å². The van der Waals surface area contributed by atoms with Crippen LogP contribution >= 0.6 is 0 Å². The molecule has 0 spiro atoms. The van der Waals surface area contributed by atoms with Gasteiger partial charge in [0.25, 0.3) is 11.8 Å². The molecule has 9 aromatic carbocycles. The zero-order valence-electron chi connectivity index (χ0n) is 38.3. The first-order valence-corrected chi connectivity index (χ1v) is 22.7. The normalized spacial score (nSPS) is 11.9. The zero-order valence-corrected chi connectivity index (χ0v) is 38.3. The van der Waals surface area contributed by atoms with Gasteiger partial charge in [0.2, 0.25) is 11.8 Å². The number of amides is 4. The molecule has 68 heavy (non-hydrogen) atoms. The number of nitrogens with one attached hydrogen (secondary N) is 4. The van der Waals surface area contributed by atoms with Gasteiger partial charge in [-0.25, -0.2) is 0 Å². The average molecular weight is 891 g/mol. The van der Waals surface area contributed by atoms with Crippen molar-refractivity contribution in [3.8, 4) is 44.5 Å². The van der Waals surface area contributed by atoms with Crippen molar-refractivity contribution in [2.75, 3.05) is 10.6 Å². The largest absolute Gasteiger partial charge is 0.346 e. The first-order valence-electron chi connectivity index (χ1n) is 22.7.